The minimum atomic E-state index is -1.16. The standard InChI is InChI=1S/C20H23NO3S/c1-2-3-4-5-7-15-9-11-16(12-10-15)19(22)21-18(20(23)24)14-17-8-6-13-25-17/h6,8-14H,2-5,7H2,1H3,(H,21,22)(H,23,24)/b18-14+. The second-order valence-electron chi connectivity index (χ2n) is 5.84. The minimum Gasteiger partial charge on any atom is -0.477 e. The summed E-state index contributed by atoms with van der Waals surface area (Å²) in [4.78, 5) is 24.4. The molecule has 1 amide bonds. The van der Waals surface area contributed by atoms with Gasteiger partial charge in [0.15, 0.2) is 0 Å². The molecule has 2 rings (SSSR count). The number of amides is 1. The number of carbonyl (C=O) groups is 2. The van der Waals surface area contributed by atoms with Gasteiger partial charge in [-0.2, -0.15) is 0 Å². The fraction of sp³-hybridized carbons (Fsp3) is 0.300. The summed E-state index contributed by atoms with van der Waals surface area (Å²) in [5, 5.41) is 13.6. The summed E-state index contributed by atoms with van der Waals surface area (Å²) in [5.74, 6) is -1.57. The fourth-order valence-electron chi connectivity index (χ4n) is 2.44. The van der Waals surface area contributed by atoms with Crippen molar-refractivity contribution < 1.29 is 14.7 Å². The lowest BCUT2D eigenvalue weighted by Gasteiger charge is -2.07. The Labute approximate surface area is 152 Å². The van der Waals surface area contributed by atoms with Crippen molar-refractivity contribution in [3.8, 4) is 0 Å². The van der Waals surface area contributed by atoms with Crippen molar-refractivity contribution in [3.63, 3.8) is 0 Å². The molecule has 0 atom stereocenters. The van der Waals surface area contributed by atoms with Crippen molar-refractivity contribution in [2.45, 2.75) is 39.0 Å². The first-order chi connectivity index (χ1) is 12.1. The van der Waals surface area contributed by atoms with Crippen LogP contribution in [0, 0.1) is 0 Å². The van der Waals surface area contributed by atoms with Gasteiger partial charge in [-0.05, 0) is 48.1 Å². The molecule has 0 aliphatic heterocycles. The van der Waals surface area contributed by atoms with E-state index in [1.54, 1.807) is 18.2 Å². The van der Waals surface area contributed by atoms with E-state index in [0.717, 1.165) is 17.7 Å². The number of thiophene rings is 1. The summed E-state index contributed by atoms with van der Waals surface area (Å²) in [7, 11) is 0. The first kappa shape index (κ1) is 18.9. The van der Waals surface area contributed by atoms with Gasteiger partial charge >= 0.3 is 5.97 Å². The first-order valence-corrected chi connectivity index (χ1v) is 9.37. The summed E-state index contributed by atoms with van der Waals surface area (Å²) in [5.41, 5.74) is 1.52. The van der Waals surface area contributed by atoms with Crippen molar-refractivity contribution in [1.82, 2.24) is 5.32 Å². The van der Waals surface area contributed by atoms with Crippen molar-refractivity contribution in [2.75, 3.05) is 0 Å². The minimum absolute atomic E-state index is 0.129. The van der Waals surface area contributed by atoms with E-state index in [9.17, 15) is 14.7 Å². The normalized spacial score (nSPS) is 11.3. The van der Waals surface area contributed by atoms with Crippen LogP contribution < -0.4 is 5.32 Å². The number of hydrogen-bond acceptors (Lipinski definition) is 3. The molecule has 1 aromatic carbocycles. The lowest BCUT2D eigenvalue weighted by Crippen LogP contribution is -2.27. The van der Waals surface area contributed by atoms with Crippen LogP contribution in [0.3, 0.4) is 0 Å². The van der Waals surface area contributed by atoms with Gasteiger partial charge in [-0.1, -0.05) is 44.4 Å². The second-order valence-corrected chi connectivity index (χ2v) is 6.82. The van der Waals surface area contributed by atoms with E-state index in [-0.39, 0.29) is 5.70 Å². The van der Waals surface area contributed by atoms with Crippen LogP contribution in [0.15, 0.2) is 47.5 Å². The van der Waals surface area contributed by atoms with Crippen molar-refractivity contribution in [1.29, 1.82) is 0 Å². The Morgan fingerprint density at radius 3 is 2.48 bits per heavy atom. The van der Waals surface area contributed by atoms with E-state index < -0.39 is 11.9 Å². The van der Waals surface area contributed by atoms with Gasteiger partial charge in [-0.15, -0.1) is 11.3 Å². The molecule has 132 valence electrons. The maximum atomic E-state index is 12.3. The van der Waals surface area contributed by atoms with Gasteiger partial charge in [0.05, 0.1) is 0 Å². The second kappa shape index (κ2) is 9.79. The van der Waals surface area contributed by atoms with Crippen molar-refractivity contribution in [3.05, 3.63) is 63.5 Å². The fourth-order valence-corrected chi connectivity index (χ4v) is 3.10. The monoisotopic (exact) mass is 357 g/mol. The van der Waals surface area contributed by atoms with Gasteiger partial charge in [0.25, 0.3) is 5.91 Å². The van der Waals surface area contributed by atoms with Crippen LogP contribution in [0.25, 0.3) is 6.08 Å². The van der Waals surface area contributed by atoms with Gasteiger partial charge in [0.1, 0.15) is 5.70 Å². The zero-order chi connectivity index (χ0) is 18.1. The van der Waals surface area contributed by atoms with E-state index in [2.05, 4.69) is 12.2 Å². The Morgan fingerprint density at radius 1 is 1.12 bits per heavy atom. The average molecular weight is 357 g/mol. The predicted octanol–water partition coefficient (Wildman–Crippen LogP) is 4.73. The van der Waals surface area contributed by atoms with Crippen LogP contribution in [0.5, 0.6) is 0 Å². The van der Waals surface area contributed by atoms with Gasteiger partial charge in [0.2, 0.25) is 0 Å². The third kappa shape index (κ3) is 6.19. The van der Waals surface area contributed by atoms with Crippen LogP contribution in [0.2, 0.25) is 0 Å². The highest BCUT2D eigenvalue weighted by Gasteiger charge is 2.13. The predicted molar refractivity (Wildman–Crippen MR) is 102 cm³/mol. The SMILES string of the molecule is CCCCCCc1ccc(C(=O)N/C(=C/c2cccs2)C(=O)O)cc1. The Kier molecular flexibility index (Phi) is 7.41. The summed E-state index contributed by atoms with van der Waals surface area (Å²) in [6.07, 6.45) is 7.28. The summed E-state index contributed by atoms with van der Waals surface area (Å²) in [6.45, 7) is 2.19. The van der Waals surface area contributed by atoms with Crippen LogP contribution in [-0.2, 0) is 11.2 Å². The average Bonchev–Trinajstić information content (AvgIpc) is 3.11. The Morgan fingerprint density at radius 2 is 1.88 bits per heavy atom. The van der Waals surface area contributed by atoms with Crippen LogP contribution >= 0.6 is 11.3 Å². The van der Waals surface area contributed by atoms with Gasteiger partial charge < -0.3 is 10.4 Å². The van der Waals surface area contributed by atoms with Gasteiger partial charge in [-0.3, -0.25) is 4.79 Å². The molecule has 0 fully saturated rings. The smallest absolute Gasteiger partial charge is 0.352 e. The lowest BCUT2D eigenvalue weighted by molar-refractivity contribution is -0.132. The van der Waals surface area contributed by atoms with E-state index in [1.165, 1.54) is 42.2 Å². The number of carboxylic acids is 1. The largest absolute Gasteiger partial charge is 0.477 e. The molecule has 2 aromatic rings. The number of benzene rings is 1. The van der Waals surface area contributed by atoms with Gasteiger partial charge in [-0.25, -0.2) is 4.79 Å². The molecule has 4 nitrogen and oxygen atoms in total. The third-order valence-corrected chi connectivity index (χ3v) is 4.66. The van der Waals surface area contributed by atoms with Crippen LogP contribution in [0.1, 0.15) is 53.4 Å². The number of unbranched alkanes of at least 4 members (excludes halogenated alkanes) is 3. The van der Waals surface area contributed by atoms with Crippen LogP contribution in [-0.4, -0.2) is 17.0 Å². The highest BCUT2D eigenvalue weighted by molar-refractivity contribution is 7.10. The molecule has 0 aliphatic rings. The summed E-state index contributed by atoms with van der Waals surface area (Å²) >= 11 is 1.41. The Bertz CT molecular complexity index is 718. The highest BCUT2D eigenvalue weighted by atomic mass is 32.1. The lowest BCUT2D eigenvalue weighted by atomic mass is 10.0. The zero-order valence-electron chi connectivity index (χ0n) is 14.3. The topological polar surface area (TPSA) is 66.4 Å². The molecule has 0 aliphatic carbocycles. The maximum Gasteiger partial charge on any atom is 0.352 e. The van der Waals surface area contributed by atoms with E-state index in [1.807, 2.05) is 23.6 Å². The molecule has 1 aromatic heterocycles. The van der Waals surface area contributed by atoms with E-state index in [4.69, 9.17) is 0 Å². The maximum absolute atomic E-state index is 12.3. The number of carboxylic acid groups (broad SMARTS) is 1. The molecule has 0 bridgehead atoms. The molecule has 5 heteroatoms. The summed E-state index contributed by atoms with van der Waals surface area (Å²) in [6, 6.07) is 11.0. The molecule has 1 heterocycles. The number of aryl methyl sites for hydroxylation is 1. The number of rotatable bonds is 9. The molecular formula is C20H23NO3S. The first-order valence-electron chi connectivity index (χ1n) is 8.49. The number of aliphatic carboxylic acids is 1. The number of nitrogens with one attached hydrogen (secondary N) is 1. The van der Waals surface area contributed by atoms with E-state index in [0.29, 0.717) is 5.56 Å². The molecule has 0 spiro atoms. The van der Waals surface area contributed by atoms with Crippen LogP contribution in [0.4, 0.5) is 0 Å². The molecule has 0 saturated carbocycles. The summed E-state index contributed by atoms with van der Waals surface area (Å²) < 4.78 is 0. The Hall–Kier alpha value is -2.40. The number of hydrogen-bond donors (Lipinski definition) is 2. The molecule has 0 radical (unpaired) electrons. The molecule has 25 heavy (non-hydrogen) atoms. The quantitative estimate of drug-likeness (QED) is 0.504. The Balaban J connectivity index is 1.98. The highest BCUT2D eigenvalue weighted by Crippen LogP contribution is 2.14. The van der Waals surface area contributed by atoms with E-state index >= 15 is 0 Å². The van der Waals surface area contributed by atoms with Crippen molar-refractivity contribution >= 4 is 29.3 Å². The molecule has 0 saturated heterocycles. The molecular weight excluding hydrogens is 334 g/mol. The van der Waals surface area contributed by atoms with Gasteiger partial charge in [0, 0.05) is 10.4 Å². The third-order valence-electron chi connectivity index (χ3n) is 3.84. The molecule has 2 N–H and O–H groups in total. The molecule has 0 unspecified atom stereocenters. The zero-order valence-corrected chi connectivity index (χ0v) is 15.1. The van der Waals surface area contributed by atoms with Crippen molar-refractivity contribution in [2.24, 2.45) is 0 Å². The number of carbonyl (C=O) groups excluding carboxylic acids is 1.